The van der Waals surface area contributed by atoms with Crippen LogP contribution in [0, 0.1) is 6.92 Å². The molecule has 4 rings (SSSR count). The largest absolute Gasteiger partial charge is 0.480 e. The molecule has 0 aliphatic rings. The summed E-state index contributed by atoms with van der Waals surface area (Å²) in [6.45, 7) is 1.92. The number of hydrogen-bond acceptors (Lipinski definition) is 2. The zero-order valence-electron chi connectivity index (χ0n) is 15.7. The van der Waals surface area contributed by atoms with Crippen LogP contribution in [0.2, 0.25) is 0 Å². The first-order valence-electron chi connectivity index (χ1n) is 9.35. The summed E-state index contributed by atoms with van der Waals surface area (Å²) >= 11 is 0. The van der Waals surface area contributed by atoms with Crippen LogP contribution in [0.3, 0.4) is 0 Å². The lowest BCUT2D eigenvalue weighted by Crippen LogP contribution is -2.16. The summed E-state index contributed by atoms with van der Waals surface area (Å²) in [4.78, 5) is 24.4. The Bertz CT molecular complexity index is 1250. The van der Waals surface area contributed by atoms with E-state index in [2.05, 4.69) is 19.1 Å². The molecule has 0 saturated carbocycles. The topological polar surface area (TPSA) is 59.3 Å². The maximum atomic E-state index is 13.0. The van der Waals surface area contributed by atoms with Crippen LogP contribution < -0.4 is 5.43 Å². The molecular formula is C24H21NO3. The smallest absolute Gasteiger partial charge is 0.323 e. The van der Waals surface area contributed by atoms with Gasteiger partial charge in [-0.15, -0.1) is 0 Å². The molecule has 140 valence electrons. The lowest BCUT2D eigenvalue weighted by Gasteiger charge is -2.14. The van der Waals surface area contributed by atoms with E-state index < -0.39 is 5.97 Å². The first-order valence-corrected chi connectivity index (χ1v) is 9.35. The molecule has 0 spiro atoms. The Morgan fingerprint density at radius 2 is 1.61 bits per heavy atom. The van der Waals surface area contributed by atoms with Crippen molar-refractivity contribution in [2.45, 2.75) is 26.3 Å². The number of rotatable bonds is 5. The SMILES string of the molecule is Cc1ccccc1CCc1ccc2c(c1)c(=O)c1ccccc1n2CC(=O)O. The van der Waals surface area contributed by atoms with E-state index in [-0.39, 0.29) is 12.0 Å². The fourth-order valence-electron chi connectivity index (χ4n) is 3.81. The van der Waals surface area contributed by atoms with Crippen LogP contribution in [-0.2, 0) is 24.2 Å². The van der Waals surface area contributed by atoms with Gasteiger partial charge in [-0.05, 0) is 60.7 Å². The number of carboxylic acid groups (broad SMARTS) is 1. The van der Waals surface area contributed by atoms with E-state index in [1.54, 1.807) is 16.7 Å². The standard InChI is InChI=1S/C24H21NO3/c1-16-6-2-3-7-18(16)12-10-17-11-13-22-20(14-17)24(28)19-8-4-5-9-21(19)25(22)15-23(26)27/h2-9,11,13-14H,10,12,15H2,1H3,(H,26,27). The van der Waals surface area contributed by atoms with Crippen LogP contribution in [0.25, 0.3) is 21.8 Å². The first kappa shape index (κ1) is 18.0. The highest BCUT2D eigenvalue weighted by atomic mass is 16.4. The highest BCUT2D eigenvalue weighted by molar-refractivity contribution is 5.94. The van der Waals surface area contributed by atoms with Crippen molar-refractivity contribution in [1.82, 2.24) is 4.57 Å². The zero-order valence-corrected chi connectivity index (χ0v) is 15.7. The molecule has 0 atom stereocenters. The average Bonchev–Trinajstić information content (AvgIpc) is 2.70. The number of aliphatic carboxylic acids is 1. The number of hydrogen-bond donors (Lipinski definition) is 1. The number of benzene rings is 3. The molecule has 0 fully saturated rings. The molecule has 4 nitrogen and oxygen atoms in total. The number of carboxylic acids is 1. The number of pyridine rings is 1. The molecule has 1 heterocycles. The predicted molar refractivity (Wildman–Crippen MR) is 112 cm³/mol. The Morgan fingerprint density at radius 1 is 0.893 bits per heavy atom. The normalized spacial score (nSPS) is 11.2. The van der Waals surface area contributed by atoms with Gasteiger partial charge < -0.3 is 9.67 Å². The van der Waals surface area contributed by atoms with Gasteiger partial charge in [-0.1, -0.05) is 42.5 Å². The molecule has 28 heavy (non-hydrogen) atoms. The third kappa shape index (κ3) is 3.29. The first-order chi connectivity index (χ1) is 13.5. The summed E-state index contributed by atoms with van der Waals surface area (Å²) in [5.74, 6) is -0.932. The summed E-state index contributed by atoms with van der Waals surface area (Å²) in [6.07, 6.45) is 1.72. The quantitative estimate of drug-likeness (QED) is 0.531. The van der Waals surface area contributed by atoms with Crippen molar-refractivity contribution in [3.8, 4) is 0 Å². The van der Waals surface area contributed by atoms with E-state index in [9.17, 15) is 14.7 Å². The lowest BCUT2D eigenvalue weighted by atomic mass is 9.99. The van der Waals surface area contributed by atoms with Gasteiger partial charge in [-0.2, -0.15) is 0 Å². The third-order valence-electron chi connectivity index (χ3n) is 5.27. The zero-order chi connectivity index (χ0) is 19.7. The highest BCUT2D eigenvalue weighted by Gasteiger charge is 2.13. The van der Waals surface area contributed by atoms with E-state index in [0.717, 1.165) is 18.4 Å². The second kappa shape index (κ2) is 7.31. The van der Waals surface area contributed by atoms with Gasteiger partial charge in [-0.3, -0.25) is 9.59 Å². The maximum absolute atomic E-state index is 13.0. The third-order valence-corrected chi connectivity index (χ3v) is 5.27. The van der Waals surface area contributed by atoms with Crippen molar-refractivity contribution >= 4 is 27.8 Å². The predicted octanol–water partition coefficient (Wildman–Crippen LogP) is 4.33. The summed E-state index contributed by atoms with van der Waals surface area (Å²) in [7, 11) is 0. The summed E-state index contributed by atoms with van der Waals surface area (Å²) < 4.78 is 1.71. The van der Waals surface area contributed by atoms with Crippen molar-refractivity contribution < 1.29 is 9.90 Å². The Balaban J connectivity index is 1.82. The molecular weight excluding hydrogens is 350 g/mol. The maximum Gasteiger partial charge on any atom is 0.323 e. The van der Waals surface area contributed by atoms with Crippen molar-refractivity contribution in [2.24, 2.45) is 0 Å². The molecule has 0 aliphatic carbocycles. The molecule has 4 aromatic rings. The number of aromatic nitrogens is 1. The molecule has 1 N–H and O–H groups in total. The van der Waals surface area contributed by atoms with Crippen molar-refractivity contribution in [3.05, 3.63) is 93.6 Å². The molecule has 0 amide bonds. The van der Waals surface area contributed by atoms with Crippen LogP contribution in [0.5, 0.6) is 0 Å². The van der Waals surface area contributed by atoms with E-state index in [1.807, 2.05) is 42.5 Å². The summed E-state index contributed by atoms with van der Waals surface area (Å²) in [5, 5.41) is 10.5. The van der Waals surface area contributed by atoms with E-state index in [4.69, 9.17) is 0 Å². The summed E-state index contributed by atoms with van der Waals surface area (Å²) in [5.41, 5.74) is 4.89. The Hall–Kier alpha value is -3.40. The van der Waals surface area contributed by atoms with E-state index in [0.29, 0.717) is 21.8 Å². The van der Waals surface area contributed by atoms with Gasteiger partial charge in [0.2, 0.25) is 0 Å². The number of carbonyl (C=O) groups is 1. The minimum atomic E-state index is -0.932. The number of nitrogens with zero attached hydrogens (tertiary/aromatic N) is 1. The summed E-state index contributed by atoms with van der Waals surface area (Å²) in [6, 6.07) is 21.3. The minimum absolute atomic E-state index is 0.0509. The molecule has 3 aromatic carbocycles. The molecule has 0 unspecified atom stereocenters. The van der Waals surface area contributed by atoms with Crippen LogP contribution >= 0.6 is 0 Å². The van der Waals surface area contributed by atoms with Crippen LogP contribution in [0.1, 0.15) is 16.7 Å². The molecule has 0 aliphatic heterocycles. The van der Waals surface area contributed by atoms with E-state index in [1.165, 1.54) is 11.1 Å². The molecule has 0 saturated heterocycles. The molecule has 0 radical (unpaired) electrons. The second-order valence-corrected chi connectivity index (χ2v) is 7.10. The number of aryl methyl sites for hydroxylation is 3. The van der Waals surface area contributed by atoms with Crippen molar-refractivity contribution in [2.75, 3.05) is 0 Å². The number of para-hydroxylation sites is 1. The van der Waals surface area contributed by atoms with Crippen molar-refractivity contribution in [1.29, 1.82) is 0 Å². The average molecular weight is 371 g/mol. The van der Waals surface area contributed by atoms with Gasteiger partial charge >= 0.3 is 5.97 Å². The molecule has 0 bridgehead atoms. The van der Waals surface area contributed by atoms with Crippen LogP contribution in [-0.4, -0.2) is 15.6 Å². The minimum Gasteiger partial charge on any atom is -0.480 e. The van der Waals surface area contributed by atoms with Crippen molar-refractivity contribution in [3.63, 3.8) is 0 Å². The Morgan fingerprint density at radius 3 is 2.39 bits per heavy atom. The monoisotopic (exact) mass is 371 g/mol. The molecule has 4 heteroatoms. The second-order valence-electron chi connectivity index (χ2n) is 7.10. The molecule has 1 aromatic heterocycles. The van der Waals surface area contributed by atoms with Crippen LogP contribution in [0.4, 0.5) is 0 Å². The van der Waals surface area contributed by atoms with Gasteiger partial charge in [0.25, 0.3) is 0 Å². The highest BCUT2D eigenvalue weighted by Crippen LogP contribution is 2.21. The van der Waals surface area contributed by atoms with E-state index >= 15 is 0 Å². The fraction of sp³-hybridized carbons (Fsp3) is 0.167. The van der Waals surface area contributed by atoms with Gasteiger partial charge in [0.15, 0.2) is 5.43 Å². The Kier molecular flexibility index (Phi) is 4.70. The lowest BCUT2D eigenvalue weighted by molar-refractivity contribution is -0.137. The van der Waals surface area contributed by atoms with Gasteiger partial charge in [-0.25, -0.2) is 0 Å². The number of fused-ring (bicyclic) bond motifs is 2. The van der Waals surface area contributed by atoms with Gasteiger partial charge in [0.1, 0.15) is 6.54 Å². The Labute approximate surface area is 162 Å². The van der Waals surface area contributed by atoms with Crippen LogP contribution in [0.15, 0.2) is 71.5 Å². The van der Waals surface area contributed by atoms with Gasteiger partial charge in [0.05, 0.1) is 11.0 Å². The fourth-order valence-corrected chi connectivity index (χ4v) is 3.81. The van der Waals surface area contributed by atoms with Gasteiger partial charge in [0, 0.05) is 10.8 Å².